The van der Waals surface area contributed by atoms with E-state index in [1.54, 1.807) is 31.5 Å². The van der Waals surface area contributed by atoms with Gasteiger partial charge >= 0.3 is 0 Å². The Balaban J connectivity index is 1.20. The first-order valence-corrected chi connectivity index (χ1v) is 11.6. The third-order valence-corrected chi connectivity index (χ3v) is 5.92. The molecule has 0 aliphatic heterocycles. The number of furan rings is 1. The van der Waals surface area contributed by atoms with Crippen molar-refractivity contribution in [3.8, 4) is 11.5 Å². The van der Waals surface area contributed by atoms with Gasteiger partial charge in [-0.2, -0.15) is 0 Å². The Morgan fingerprint density at radius 1 is 1.03 bits per heavy atom. The lowest BCUT2D eigenvalue weighted by Gasteiger charge is -2.06. The average molecular weight is 484 g/mol. The van der Waals surface area contributed by atoms with Crippen LogP contribution in [-0.4, -0.2) is 26.3 Å². The molecule has 0 radical (unpaired) electrons. The second-order valence-electron chi connectivity index (χ2n) is 8.40. The highest BCUT2D eigenvalue weighted by Crippen LogP contribution is 2.25. The highest BCUT2D eigenvalue weighted by molar-refractivity contribution is 6.05. The molecule has 0 spiro atoms. The number of carbonyl (C=O) groups excluding carboxylic acids is 2. The Morgan fingerprint density at radius 2 is 1.89 bits per heavy atom. The first kappa shape index (κ1) is 23.1. The van der Waals surface area contributed by atoms with Crippen molar-refractivity contribution >= 4 is 28.5 Å². The zero-order valence-corrected chi connectivity index (χ0v) is 19.9. The van der Waals surface area contributed by atoms with Gasteiger partial charge in [0, 0.05) is 24.2 Å². The van der Waals surface area contributed by atoms with Gasteiger partial charge in [0.25, 0.3) is 5.91 Å². The van der Waals surface area contributed by atoms with Gasteiger partial charge in [-0.05, 0) is 50.2 Å². The molecule has 9 heteroatoms. The second-order valence-corrected chi connectivity index (χ2v) is 8.40. The normalized spacial score (nSPS) is 11.1. The van der Waals surface area contributed by atoms with Crippen LogP contribution in [0.15, 0.2) is 76.0 Å². The number of imidazole rings is 1. The SMILES string of the molecule is Cc1occc1C(=O)Nc1cccc(-c2nc(CNC(=O)CCn3cnc4ccccc43)c(C)o2)c1. The van der Waals surface area contributed by atoms with Gasteiger partial charge in [-0.15, -0.1) is 0 Å². The molecule has 0 aliphatic rings. The van der Waals surface area contributed by atoms with E-state index in [4.69, 9.17) is 8.83 Å². The summed E-state index contributed by atoms with van der Waals surface area (Å²) in [7, 11) is 0. The van der Waals surface area contributed by atoms with Gasteiger partial charge in [-0.3, -0.25) is 9.59 Å². The fourth-order valence-corrected chi connectivity index (χ4v) is 3.95. The molecule has 0 saturated carbocycles. The summed E-state index contributed by atoms with van der Waals surface area (Å²) >= 11 is 0. The number of aryl methyl sites for hydroxylation is 3. The number of benzene rings is 2. The van der Waals surface area contributed by atoms with E-state index in [1.807, 2.05) is 47.9 Å². The minimum absolute atomic E-state index is 0.0871. The van der Waals surface area contributed by atoms with E-state index < -0.39 is 0 Å². The molecule has 0 fully saturated rings. The third-order valence-electron chi connectivity index (χ3n) is 5.92. The highest BCUT2D eigenvalue weighted by Gasteiger charge is 2.15. The minimum Gasteiger partial charge on any atom is -0.469 e. The molecule has 3 heterocycles. The van der Waals surface area contributed by atoms with Crippen molar-refractivity contribution in [2.75, 3.05) is 5.32 Å². The van der Waals surface area contributed by atoms with Crippen LogP contribution in [0, 0.1) is 13.8 Å². The molecule has 36 heavy (non-hydrogen) atoms. The Morgan fingerprint density at radius 3 is 2.72 bits per heavy atom. The maximum absolute atomic E-state index is 12.5. The summed E-state index contributed by atoms with van der Waals surface area (Å²) in [5.74, 6) is 1.24. The number of hydrogen-bond donors (Lipinski definition) is 2. The summed E-state index contributed by atoms with van der Waals surface area (Å²) in [6.45, 7) is 4.34. The number of amides is 2. The number of nitrogens with one attached hydrogen (secondary N) is 2. The smallest absolute Gasteiger partial charge is 0.259 e. The Hall–Kier alpha value is -4.66. The Kier molecular flexibility index (Phi) is 6.36. The molecule has 0 saturated heterocycles. The van der Waals surface area contributed by atoms with Crippen LogP contribution < -0.4 is 10.6 Å². The number of oxazole rings is 1. The van der Waals surface area contributed by atoms with Gasteiger partial charge in [-0.25, -0.2) is 9.97 Å². The van der Waals surface area contributed by atoms with E-state index in [9.17, 15) is 9.59 Å². The van der Waals surface area contributed by atoms with Crippen LogP contribution in [0.4, 0.5) is 5.69 Å². The van der Waals surface area contributed by atoms with Gasteiger partial charge in [0.15, 0.2) is 0 Å². The van der Waals surface area contributed by atoms with Crippen molar-refractivity contribution in [1.82, 2.24) is 19.9 Å². The largest absolute Gasteiger partial charge is 0.469 e. The van der Waals surface area contributed by atoms with Gasteiger partial charge in [0.2, 0.25) is 11.8 Å². The number of fused-ring (bicyclic) bond motifs is 1. The summed E-state index contributed by atoms with van der Waals surface area (Å²) in [5.41, 5.74) is 4.35. The first-order valence-electron chi connectivity index (χ1n) is 11.6. The number of aromatic nitrogens is 3. The fraction of sp³-hybridized carbons (Fsp3) is 0.185. The summed E-state index contributed by atoms with van der Waals surface area (Å²) in [6.07, 6.45) is 3.55. The van der Waals surface area contributed by atoms with Crippen molar-refractivity contribution in [2.45, 2.75) is 33.4 Å². The molecule has 9 nitrogen and oxygen atoms in total. The van der Waals surface area contributed by atoms with Gasteiger partial charge in [0.1, 0.15) is 17.2 Å². The molecule has 2 aromatic carbocycles. The number of carbonyl (C=O) groups is 2. The lowest BCUT2D eigenvalue weighted by Crippen LogP contribution is -2.24. The van der Waals surface area contributed by atoms with Gasteiger partial charge in [-0.1, -0.05) is 18.2 Å². The van der Waals surface area contributed by atoms with Crippen molar-refractivity contribution < 1.29 is 18.4 Å². The molecule has 182 valence electrons. The number of nitrogens with zero attached hydrogens (tertiary/aromatic N) is 3. The predicted octanol–water partition coefficient (Wildman–Crippen LogP) is 4.86. The highest BCUT2D eigenvalue weighted by atomic mass is 16.4. The van der Waals surface area contributed by atoms with E-state index in [-0.39, 0.29) is 18.4 Å². The van der Waals surface area contributed by atoms with Crippen LogP contribution in [-0.2, 0) is 17.9 Å². The van der Waals surface area contributed by atoms with Crippen LogP contribution in [0.1, 0.15) is 34.0 Å². The molecular formula is C27H25N5O4. The van der Waals surface area contributed by atoms with E-state index in [1.165, 1.54) is 6.26 Å². The molecule has 2 amide bonds. The van der Waals surface area contributed by atoms with Crippen LogP contribution in [0.25, 0.3) is 22.5 Å². The van der Waals surface area contributed by atoms with Crippen molar-refractivity contribution in [2.24, 2.45) is 0 Å². The van der Waals surface area contributed by atoms with Crippen molar-refractivity contribution in [3.63, 3.8) is 0 Å². The average Bonchev–Trinajstić information content (AvgIpc) is 3.60. The molecule has 5 rings (SSSR count). The molecule has 0 atom stereocenters. The van der Waals surface area contributed by atoms with E-state index >= 15 is 0 Å². The van der Waals surface area contributed by atoms with Crippen LogP contribution in [0.3, 0.4) is 0 Å². The standard InChI is InChI=1S/C27H25N5O4/c1-17-21(11-13-35-17)26(34)30-20-7-5-6-19(14-20)27-31-23(18(2)36-27)15-28-25(33)10-12-32-16-29-22-8-3-4-9-24(22)32/h3-9,11,13-14,16H,10,12,15H2,1-2H3,(H,28,33)(H,30,34). The molecule has 0 aliphatic carbocycles. The van der Waals surface area contributed by atoms with Crippen molar-refractivity contribution in [1.29, 1.82) is 0 Å². The molecular weight excluding hydrogens is 458 g/mol. The Bertz CT molecular complexity index is 1540. The topological polar surface area (TPSA) is 115 Å². The maximum atomic E-state index is 12.5. The summed E-state index contributed by atoms with van der Waals surface area (Å²) in [5, 5.41) is 5.77. The van der Waals surface area contributed by atoms with E-state index in [0.29, 0.717) is 52.9 Å². The van der Waals surface area contributed by atoms with Crippen molar-refractivity contribution in [3.05, 3.63) is 90.0 Å². The monoisotopic (exact) mass is 483 g/mol. The maximum Gasteiger partial charge on any atom is 0.259 e. The number of rotatable bonds is 8. The Labute approximate surface area is 207 Å². The number of para-hydroxylation sites is 2. The lowest BCUT2D eigenvalue weighted by atomic mass is 10.2. The van der Waals surface area contributed by atoms with Crippen LogP contribution in [0.2, 0.25) is 0 Å². The predicted molar refractivity (Wildman–Crippen MR) is 134 cm³/mol. The molecule has 5 aromatic rings. The molecule has 0 bridgehead atoms. The van der Waals surface area contributed by atoms with Gasteiger partial charge < -0.3 is 24.0 Å². The first-order chi connectivity index (χ1) is 17.5. The zero-order valence-electron chi connectivity index (χ0n) is 19.9. The number of anilines is 1. The molecule has 3 aromatic heterocycles. The summed E-state index contributed by atoms with van der Waals surface area (Å²) in [6, 6.07) is 16.7. The fourth-order valence-electron chi connectivity index (χ4n) is 3.95. The minimum atomic E-state index is -0.255. The quantitative estimate of drug-likeness (QED) is 0.326. The van der Waals surface area contributed by atoms with Crippen LogP contribution >= 0.6 is 0 Å². The zero-order chi connectivity index (χ0) is 25.1. The second kappa shape index (κ2) is 9.91. The molecule has 2 N–H and O–H groups in total. The summed E-state index contributed by atoms with van der Waals surface area (Å²) in [4.78, 5) is 33.9. The lowest BCUT2D eigenvalue weighted by molar-refractivity contribution is -0.121. The molecule has 0 unspecified atom stereocenters. The van der Waals surface area contributed by atoms with Crippen LogP contribution in [0.5, 0.6) is 0 Å². The van der Waals surface area contributed by atoms with E-state index in [2.05, 4.69) is 20.6 Å². The number of hydrogen-bond acceptors (Lipinski definition) is 6. The van der Waals surface area contributed by atoms with E-state index in [0.717, 1.165) is 11.0 Å². The van der Waals surface area contributed by atoms with Gasteiger partial charge in [0.05, 0.1) is 35.7 Å². The summed E-state index contributed by atoms with van der Waals surface area (Å²) < 4.78 is 13.0. The third kappa shape index (κ3) is 4.90.